The van der Waals surface area contributed by atoms with Crippen LogP contribution in [-0.2, 0) is 9.59 Å². The number of halogens is 1. The molecule has 0 spiro atoms. The van der Waals surface area contributed by atoms with Gasteiger partial charge >= 0.3 is 0 Å². The number of carbonyl (C=O) groups is 3. The molecule has 1 saturated carbocycles. The van der Waals surface area contributed by atoms with E-state index in [0.717, 1.165) is 24.1 Å². The lowest BCUT2D eigenvalue weighted by Crippen LogP contribution is -2.30. The molecule has 1 saturated heterocycles. The third-order valence-corrected chi connectivity index (χ3v) is 5.78. The third kappa shape index (κ3) is 4.12. The monoisotopic (exact) mass is 411 g/mol. The van der Waals surface area contributed by atoms with Gasteiger partial charge in [-0.05, 0) is 49.6 Å². The molecular formula is C22H22ClN3O3. The average Bonchev–Trinajstić information content (AvgIpc) is 3.43. The molecule has 1 aliphatic heterocycles. The van der Waals surface area contributed by atoms with Gasteiger partial charge in [0.25, 0.3) is 5.91 Å². The Bertz CT molecular complexity index is 987. The normalized spacial score (nSPS) is 18.6. The van der Waals surface area contributed by atoms with Gasteiger partial charge < -0.3 is 15.5 Å². The summed E-state index contributed by atoms with van der Waals surface area (Å²) in [7, 11) is 0. The van der Waals surface area contributed by atoms with Crippen molar-refractivity contribution in [1.29, 1.82) is 0 Å². The zero-order chi connectivity index (χ0) is 20.5. The Kier molecular flexibility index (Phi) is 5.28. The van der Waals surface area contributed by atoms with Gasteiger partial charge in [-0.15, -0.1) is 0 Å². The van der Waals surface area contributed by atoms with Crippen LogP contribution >= 0.6 is 11.6 Å². The first-order valence-electron chi connectivity index (χ1n) is 9.70. The van der Waals surface area contributed by atoms with Gasteiger partial charge in [-0.2, -0.15) is 0 Å². The molecule has 3 amide bonds. The van der Waals surface area contributed by atoms with Crippen LogP contribution in [0.2, 0.25) is 5.02 Å². The van der Waals surface area contributed by atoms with Gasteiger partial charge in [0.1, 0.15) is 0 Å². The van der Waals surface area contributed by atoms with Crippen molar-refractivity contribution in [2.45, 2.75) is 32.2 Å². The van der Waals surface area contributed by atoms with E-state index in [2.05, 4.69) is 10.6 Å². The summed E-state index contributed by atoms with van der Waals surface area (Å²) in [6, 6.07) is 12.6. The molecule has 2 N–H and O–H groups in total. The molecule has 2 fully saturated rings. The Labute approximate surface area is 174 Å². The van der Waals surface area contributed by atoms with Crippen molar-refractivity contribution < 1.29 is 14.4 Å². The van der Waals surface area contributed by atoms with Crippen LogP contribution in [0.4, 0.5) is 11.4 Å². The predicted octanol–water partition coefficient (Wildman–Crippen LogP) is 3.53. The SMILES string of the molecule is Cc1c(Cl)cccc1N1C[C@@H](C(=O)Nc2ccccc2C(=O)NC2CC2)CC1=O. The summed E-state index contributed by atoms with van der Waals surface area (Å²) in [5.74, 6) is -1.08. The topological polar surface area (TPSA) is 78.5 Å². The maximum atomic E-state index is 12.9. The number of carbonyl (C=O) groups excluding carboxylic acids is 3. The highest BCUT2D eigenvalue weighted by Gasteiger charge is 2.36. The standard InChI is InChI=1S/C22H22ClN3O3/c1-13-17(23)6-4-8-19(13)26-12-14(11-20(26)27)21(28)25-18-7-3-2-5-16(18)22(29)24-15-9-10-15/h2-8,14-15H,9-12H2,1H3,(H,24,29)(H,25,28)/t14-/m0/s1. The highest BCUT2D eigenvalue weighted by Crippen LogP contribution is 2.32. The molecular weight excluding hydrogens is 390 g/mol. The van der Waals surface area contributed by atoms with Crippen LogP contribution in [0.5, 0.6) is 0 Å². The zero-order valence-corrected chi connectivity index (χ0v) is 16.8. The summed E-state index contributed by atoms with van der Waals surface area (Å²) < 4.78 is 0. The van der Waals surface area contributed by atoms with E-state index in [9.17, 15) is 14.4 Å². The highest BCUT2D eigenvalue weighted by molar-refractivity contribution is 6.31. The van der Waals surface area contributed by atoms with Crippen LogP contribution in [0.25, 0.3) is 0 Å². The second-order valence-electron chi connectivity index (χ2n) is 7.57. The molecule has 6 nitrogen and oxygen atoms in total. The number of amides is 3. The smallest absolute Gasteiger partial charge is 0.253 e. The van der Waals surface area contributed by atoms with Gasteiger partial charge in [0, 0.05) is 29.7 Å². The second kappa shape index (κ2) is 7.87. The van der Waals surface area contributed by atoms with Crippen LogP contribution in [-0.4, -0.2) is 30.3 Å². The second-order valence-corrected chi connectivity index (χ2v) is 7.98. The van der Waals surface area contributed by atoms with Crippen molar-refractivity contribution in [3.63, 3.8) is 0 Å². The molecule has 1 atom stereocenters. The van der Waals surface area contributed by atoms with E-state index in [1.165, 1.54) is 0 Å². The Morgan fingerprint density at radius 1 is 1.10 bits per heavy atom. The summed E-state index contributed by atoms with van der Waals surface area (Å²) in [4.78, 5) is 39.4. The number of benzene rings is 2. The Morgan fingerprint density at radius 2 is 1.86 bits per heavy atom. The van der Waals surface area contributed by atoms with Gasteiger partial charge in [0.05, 0.1) is 17.2 Å². The van der Waals surface area contributed by atoms with Crippen molar-refractivity contribution in [2.75, 3.05) is 16.8 Å². The molecule has 0 bridgehead atoms. The lowest BCUT2D eigenvalue weighted by Gasteiger charge is -2.20. The minimum absolute atomic E-state index is 0.115. The molecule has 0 aromatic heterocycles. The predicted molar refractivity (Wildman–Crippen MR) is 112 cm³/mol. The van der Waals surface area contributed by atoms with E-state index in [1.54, 1.807) is 41.3 Å². The number of anilines is 2. The van der Waals surface area contributed by atoms with Crippen molar-refractivity contribution in [3.05, 3.63) is 58.6 Å². The van der Waals surface area contributed by atoms with Crippen molar-refractivity contribution in [3.8, 4) is 0 Å². The van der Waals surface area contributed by atoms with Crippen LogP contribution in [0.1, 0.15) is 35.2 Å². The van der Waals surface area contributed by atoms with Crippen LogP contribution < -0.4 is 15.5 Å². The summed E-state index contributed by atoms with van der Waals surface area (Å²) in [5.41, 5.74) is 2.42. The molecule has 0 radical (unpaired) electrons. The first-order chi connectivity index (χ1) is 13.9. The maximum Gasteiger partial charge on any atom is 0.253 e. The number of para-hydroxylation sites is 1. The molecule has 2 aromatic rings. The minimum Gasteiger partial charge on any atom is -0.349 e. The first kappa shape index (κ1) is 19.5. The molecule has 4 rings (SSSR count). The van der Waals surface area contributed by atoms with E-state index in [0.29, 0.717) is 16.3 Å². The van der Waals surface area contributed by atoms with Crippen LogP contribution in [0.15, 0.2) is 42.5 Å². The average molecular weight is 412 g/mol. The first-order valence-corrected chi connectivity index (χ1v) is 10.1. The Hall–Kier alpha value is -2.86. The van der Waals surface area contributed by atoms with Gasteiger partial charge in [0.2, 0.25) is 11.8 Å². The highest BCUT2D eigenvalue weighted by atomic mass is 35.5. The molecule has 2 aliphatic rings. The van der Waals surface area contributed by atoms with Crippen LogP contribution in [0, 0.1) is 12.8 Å². The maximum absolute atomic E-state index is 12.9. The number of rotatable bonds is 5. The Balaban J connectivity index is 1.48. The van der Waals surface area contributed by atoms with Gasteiger partial charge in [-0.3, -0.25) is 14.4 Å². The summed E-state index contributed by atoms with van der Waals surface area (Å²) >= 11 is 6.18. The van der Waals surface area contributed by atoms with E-state index >= 15 is 0 Å². The van der Waals surface area contributed by atoms with Gasteiger partial charge in [-0.1, -0.05) is 29.8 Å². The number of hydrogen-bond acceptors (Lipinski definition) is 3. The van der Waals surface area contributed by atoms with Gasteiger partial charge in [0.15, 0.2) is 0 Å². The number of nitrogens with one attached hydrogen (secondary N) is 2. The molecule has 2 aromatic carbocycles. The van der Waals surface area contributed by atoms with E-state index in [4.69, 9.17) is 11.6 Å². The van der Waals surface area contributed by atoms with E-state index in [1.807, 2.05) is 13.0 Å². The molecule has 7 heteroatoms. The lowest BCUT2D eigenvalue weighted by atomic mass is 10.1. The number of nitrogens with zero attached hydrogens (tertiary/aromatic N) is 1. The zero-order valence-electron chi connectivity index (χ0n) is 16.1. The van der Waals surface area contributed by atoms with Crippen molar-refractivity contribution in [2.24, 2.45) is 5.92 Å². The van der Waals surface area contributed by atoms with E-state index in [-0.39, 0.29) is 36.7 Å². The molecule has 0 unspecified atom stereocenters. The quantitative estimate of drug-likeness (QED) is 0.789. The molecule has 150 valence electrons. The largest absolute Gasteiger partial charge is 0.349 e. The summed E-state index contributed by atoms with van der Waals surface area (Å²) in [6.45, 7) is 2.13. The molecule has 29 heavy (non-hydrogen) atoms. The third-order valence-electron chi connectivity index (χ3n) is 5.37. The fourth-order valence-corrected chi connectivity index (χ4v) is 3.69. The van der Waals surface area contributed by atoms with E-state index < -0.39 is 5.92 Å². The fourth-order valence-electron chi connectivity index (χ4n) is 3.52. The lowest BCUT2D eigenvalue weighted by molar-refractivity contribution is -0.122. The molecule has 1 aliphatic carbocycles. The Morgan fingerprint density at radius 3 is 2.62 bits per heavy atom. The van der Waals surface area contributed by atoms with Crippen molar-refractivity contribution in [1.82, 2.24) is 5.32 Å². The van der Waals surface area contributed by atoms with Crippen LogP contribution in [0.3, 0.4) is 0 Å². The molecule has 1 heterocycles. The number of hydrogen-bond donors (Lipinski definition) is 2. The van der Waals surface area contributed by atoms with Gasteiger partial charge in [-0.25, -0.2) is 0 Å². The fraction of sp³-hybridized carbons (Fsp3) is 0.318. The summed E-state index contributed by atoms with van der Waals surface area (Å²) in [5, 5.41) is 6.36. The van der Waals surface area contributed by atoms with Crippen molar-refractivity contribution >= 4 is 40.7 Å². The summed E-state index contributed by atoms with van der Waals surface area (Å²) in [6.07, 6.45) is 2.10. The minimum atomic E-state index is -0.500.